The molecule has 21 heavy (non-hydrogen) atoms. The van der Waals surface area contributed by atoms with Crippen molar-refractivity contribution in [1.29, 1.82) is 0 Å². The van der Waals surface area contributed by atoms with Crippen LogP contribution < -0.4 is 5.32 Å². The van der Waals surface area contributed by atoms with Crippen LogP contribution in [0.5, 0.6) is 0 Å². The van der Waals surface area contributed by atoms with Crippen LogP contribution >= 0.6 is 0 Å². The van der Waals surface area contributed by atoms with Crippen molar-refractivity contribution >= 4 is 5.91 Å². The summed E-state index contributed by atoms with van der Waals surface area (Å²) < 4.78 is 5.36. The summed E-state index contributed by atoms with van der Waals surface area (Å²) in [5.41, 5.74) is 0. The minimum Gasteiger partial charge on any atom is -0.352 e. The van der Waals surface area contributed by atoms with Crippen molar-refractivity contribution in [1.82, 2.24) is 20.4 Å². The van der Waals surface area contributed by atoms with Crippen LogP contribution in [-0.2, 0) is 4.79 Å². The van der Waals surface area contributed by atoms with Crippen molar-refractivity contribution in [3.63, 3.8) is 0 Å². The molecule has 1 aliphatic heterocycles. The number of aromatic nitrogens is 2. The van der Waals surface area contributed by atoms with Crippen LogP contribution in [0.2, 0.25) is 0 Å². The summed E-state index contributed by atoms with van der Waals surface area (Å²) in [6.07, 6.45) is 6.82. The van der Waals surface area contributed by atoms with E-state index in [0.717, 1.165) is 50.5 Å². The second kappa shape index (κ2) is 5.40. The normalized spacial score (nSPS) is 26.8. The Morgan fingerprint density at radius 2 is 2.10 bits per heavy atom. The third kappa shape index (κ3) is 3.26. The van der Waals surface area contributed by atoms with Crippen LogP contribution in [0, 0.1) is 0 Å². The van der Waals surface area contributed by atoms with Gasteiger partial charge in [0, 0.05) is 24.4 Å². The first-order valence-corrected chi connectivity index (χ1v) is 8.13. The van der Waals surface area contributed by atoms with Crippen molar-refractivity contribution in [3.05, 3.63) is 11.7 Å². The van der Waals surface area contributed by atoms with Crippen molar-refractivity contribution in [3.8, 4) is 0 Å². The van der Waals surface area contributed by atoms with Gasteiger partial charge in [0.2, 0.25) is 11.8 Å². The lowest BCUT2D eigenvalue weighted by atomic mass is 9.97. The topological polar surface area (TPSA) is 71.3 Å². The molecule has 1 aromatic rings. The molecule has 6 heteroatoms. The zero-order valence-electron chi connectivity index (χ0n) is 12.3. The quantitative estimate of drug-likeness (QED) is 0.887. The van der Waals surface area contributed by atoms with Gasteiger partial charge in [-0.2, -0.15) is 4.98 Å². The van der Waals surface area contributed by atoms with E-state index in [9.17, 15) is 4.79 Å². The number of hydrogen-bond donors (Lipinski definition) is 1. The van der Waals surface area contributed by atoms with E-state index in [1.54, 1.807) is 0 Å². The molecule has 0 unspecified atom stereocenters. The third-order valence-electron chi connectivity index (χ3n) is 4.56. The first-order chi connectivity index (χ1) is 10.3. The number of piperidine rings is 1. The van der Waals surface area contributed by atoms with E-state index < -0.39 is 0 Å². The summed E-state index contributed by atoms with van der Waals surface area (Å²) in [4.78, 5) is 18.7. The van der Waals surface area contributed by atoms with E-state index in [2.05, 4.69) is 20.4 Å². The Hall–Kier alpha value is -1.43. The molecule has 1 N–H and O–H groups in total. The number of carbonyl (C=O) groups excluding carboxylic acids is 1. The second-order valence-corrected chi connectivity index (χ2v) is 6.68. The summed E-state index contributed by atoms with van der Waals surface area (Å²) in [7, 11) is 0. The number of amides is 1. The van der Waals surface area contributed by atoms with E-state index >= 15 is 0 Å². The molecular weight excluding hydrogens is 268 g/mol. The fourth-order valence-electron chi connectivity index (χ4n) is 3.02. The molecule has 0 bridgehead atoms. The van der Waals surface area contributed by atoms with E-state index in [1.165, 1.54) is 12.8 Å². The highest BCUT2D eigenvalue weighted by atomic mass is 16.5. The highest BCUT2D eigenvalue weighted by molar-refractivity contribution is 5.78. The van der Waals surface area contributed by atoms with E-state index in [4.69, 9.17) is 4.52 Å². The van der Waals surface area contributed by atoms with Gasteiger partial charge in [-0.25, -0.2) is 0 Å². The van der Waals surface area contributed by atoms with Gasteiger partial charge in [0.15, 0.2) is 5.82 Å². The highest BCUT2D eigenvalue weighted by Gasteiger charge is 2.32. The third-order valence-corrected chi connectivity index (χ3v) is 4.56. The SMILES string of the molecule is O=C(CN1CCC[C@@H](c2noc(C3CC3)n2)C1)NC1CC1. The van der Waals surface area contributed by atoms with Crippen LogP contribution in [0.25, 0.3) is 0 Å². The highest BCUT2D eigenvalue weighted by Crippen LogP contribution is 2.39. The zero-order valence-corrected chi connectivity index (χ0v) is 12.3. The molecule has 114 valence electrons. The first kappa shape index (κ1) is 13.2. The van der Waals surface area contributed by atoms with Gasteiger partial charge in [-0.1, -0.05) is 5.16 Å². The smallest absolute Gasteiger partial charge is 0.234 e. The van der Waals surface area contributed by atoms with Gasteiger partial charge in [0.25, 0.3) is 0 Å². The summed E-state index contributed by atoms with van der Waals surface area (Å²) in [6, 6.07) is 0.441. The average molecular weight is 290 g/mol. The molecule has 0 radical (unpaired) electrons. The molecule has 6 nitrogen and oxygen atoms in total. The number of hydrogen-bond acceptors (Lipinski definition) is 5. The van der Waals surface area contributed by atoms with E-state index in [1.807, 2.05) is 0 Å². The number of rotatable bonds is 5. The standard InChI is InChI=1S/C15H22N4O2/c20-13(16-12-5-6-12)9-19-7-1-2-11(8-19)14-17-15(21-18-14)10-3-4-10/h10-12H,1-9H2,(H,16,20)/t11-/m1/s1. The Morgan fingerprint density at radius 1 is 1.24 bits per heavy atom. The Morgan fingerprint density at radius 3 is 2.86 bits per heavy atom. The number of nitrogens with zero attached hydrogens (tertiary/aromatic N) is 3. The minimum absolute atomic E-state index is 0.157. The maximum Gasteiger partial charge on any atom is 0.234 e. The first-order valence-electron chi connectivity index (χ1n) is 8.13. The van der Waals surface area contributed by atoms with Crippen molar-refractivity contribution in [2.45, 2.75) is 56.4 Å². The van der Waals surface area contributed by atoms with Gasteiger partial charge in [-0.05, 0) is 45.1 Å². The zero-order chi connectivity index (χ0) is 14.2. The number of likely N-dealkylation sites (tertiary alicyclic amines) is 1. The van der Waals surface area contributed by atoms with Gasteiger partial charge in [0.05, 0.1) is 6.54 Å². The van der Waals surface area contributed by atoms with Gasteiger partial charge < -0.3 is 9.84 Å². The lowest BCUT2D eigenvalue weighted by Gasteiger charge is -2.30. The van der Waals surface area contributed by atoms with Crippen molar-refractivity contribution < 1.29 is 9.32 Å². The van der Waals surface area contributed by atoms with E-state index in [0.29, 0.717) is 24.4 Å². The monoisotopic (exact) mass is 290 g/mol. The van der Waals surface area contributed by atoms with Gasteiger partial charge in [0.1, 0.15) is 0 Å². The average Bonchev–Trinajstić information content (AvgIpc) is 3.40. The van der Waals surface area contributed by atoms with Crippen LogP contribution in [-0.4, -0.2) is 46.6 Å². The Labute approximate surface area is 124 Å². The molecule has 1 aromatic heterocycles. The molecule has 0 spiro atoms. The maximum absolute atomic E-state index is 11.9. The lowest BCUT2D eigenvalue weighted by molar-refractivity contribution is -0.122. The van der Waals surface area contributed by atoms with Crippen molar-refractivity contribution in [2.75, 3.05) is 19.6 Å². The summed E-state index contributed by atoms with van der Waals surface area (Å²) in [6.45, 7) is 2.35. The lowest BCUT2D eigenvalue weighted by Crippen LogP contribution is -2.42. The van der Waals surface area contributed by atoms with Gasteiger partial charge in [-0.15, -0.1) is 0 Å². The Balaban J connectivity index is 1.33. The van der Waals surface area contributed by atoms with Crippen molar-refractivity contribution in [2.24, 2.45) is 0 Å². The van der Waals surface area contributed by atoms with Crippen LogP contribution in [0.1, 0.15) is 62.1 Å². The molecule has 2 heterocycles. The number of carbonyl (C=O) groups is 1. The Bertz CT molecular complexity index is 521. The minimum atomic E-state index is 0.157. The number of nitrogens with one attached hydrogen (secondary N) is 1. The fraction of sp³-hybridized carbons (Fsp3) is 0.800. The summed E-state index contributed by atoms with van der Waals surface area (Å²) >= 11 is 0. The Kier molecular flexibility index (Phi) is 3.41. The second-order valence-electron chi connectivity index (χ2n) is 6.68. The predicted molar refractivity (Wildman–Crippen MR) is 75.9 cm³/mol. The summed E-state index contributed by atoms with van der Waals surface area (Å²) in [5, 5.41) is 7.21. The van der Waals surface area contributed by atoms with Crippen LogP contribution in [0.4, 0.5) is 0 Å². The summed E-state index contributed by atoms with van der Waals surface area (Å²) in [5.74, 6) is 2.63. The molecule has 1 atom stereocenters. The van der Waals surface area contributed by atoms with Crippen LogP contribution in [0.3, 0.4) is 0 Å². The predicted octanol–water partition coefficient (Wildman–Crippen LogP) is 1.41. The molecule has 0 aromatic carbocycles. The largest absolute Gasteiger partial charge is 0.352 e. The molecule has 3 aliphatic rings. The van der Waals surface area contributed by atoms with E-state index in [-0.39, 0.29) is 5.91 Å². The molecule has 1 saturated heterocycles. The van der Waals surface area contributed by atoms with Crippen LogP contribution in [0.15, 0.2) is 4.52 Å². The molecule has 4 rings (SSSR count). The molecular formula is C15H22N4O2. The molecule has 2 aliphatic carbocycles. The van der Waals surface area contributed by atoms with Gasteiger partial charge >= 0.3 is 0 Å². The molecule has 1 amide bonds. The maximum atomic E-state index is 11.9. The van der Waals surface area contributed by atoms with Gasteiger partial charge in [-0.3, -0.25) is 9.69 Å². The molecule has 3 fully saturated rings. The molecule has 2 saturated carbocycles. The fourth-order valence-corrected chi connectivity index (χ4v) is 3.02.